The van der Waals surface area contributed by atoms with Crippen molar-refractivity contribution in [3.63, 3.8) is 0 Å². The summed E-state index contributed by atoms with van der Waals surface area (Å²) >= 11 is 0. The van der Waals surface area contributed by atoms with Crippen molar-refractivity contribution < 1.29 is 14.4 Å². The Kier molecular flexibility index (Phi) is 8.64. The lowest BCUT2D eigenvalue weighted by atomic mass is 10.0. The van der Waals surface area contributed by atoms with Crippen molar-refractivity contribution in [2.45, 2.75) is 13.8 Å². The molecule has 0 atom stereocenters. The number of nitrogens with zero attached hydrogens (tertiary/aromatic N) is 4. The van der Waals surface area contributed by atoms with Crippen molar-refractivity contribution in [1.82, 2.24) is 10.4 Å². The lowest BCUT2D eigenvalue weighted by Crippen LogP contribution is -2.30. The highest BCUT2D eigenvalue weighted by Gasteiger charge is 2.30. The average molecular weight is 658 g/mol. The fourth-order valence-corrected chi connectivity index (χ4v) is 5.77. The molecule has 3 N–H and O–H groups in total. The van der Waals surface area contributed by atoms with Gasteiger partial charge in [0.15, 0.2) is 11.6 Å². The van der Waals surface area contributed by atoms with E-state index in [0.717, 1.165) is 39.0 Å². The van der Waals surface area contributed by atoms with E-state index < -0.39 is 5.91 Å². The van der Waals surface area contributed by atoms with Gasteiger partial charge < -0.3 is 4.98 Å². The number of H-pyrrole nitrogens is 1. The molecule has 0 bridgehead atoms. The van der Waals surface area contributed by atoms with Gasteiger partial charge in [-0.15, -0.1) is 10.2 Å². The molecule has 10 nitrogen and oxygen atoms in total. The third-order valence-electron chi connectivity index (χ3n) is 8.33. The van der Waals surface area contributed by atoms with Gasteiger partial charge in [0.25, 0.3) is 11.8 Å². The number of hydrogen-bond acceptors (Lipinski definition) is 7. The van der Waals surface area contributed by atoms with E-state index in [1.54, 1.807) is 49.4 Å². The Labute approximate surface area is 287 Å². The number of hydrazine groups is 1. The molecule has 0 fully saturated rings. The third-order valence-corrected chi connectivity index (χ3v) is 8.33. The number of amidine groups is 1. The number of fused-ring (bicyclic) bond motifs is 1. The normalized spacial score (nSPS) is 16.1. The summed E-state index contributed by atoms with van der Waals surface area (Å²) < 4.78 is 0. The highest BCUT2D eigenvalue weighted by Crippen LogP contribution is 2.34. The highest BCUT2D eigenvalue weighted by atomic mass is 16.2. The van der Waals surface area contributed by atoms with Gasteiger partial charge in [0.2, 0.25) is 0 Å². The van der Waals surface area contributed by atoms with Gasteiger partial charge in [-0.25, -0.2) is 4.99 Å². The lowest BCUT2D eigenvalue weighted by Gasteiger charge is -2.16. The molecule has 10 heteroatoms. The van der Waals surface area contributed by atoms with Gasteiger partial charge in [-0.2, -0.15) is 0 Å². The van der Waals surface area contributed by atoms with Gasteiger partial charge in [-0.1, -0.05) is 78.9 Å². The van der Waals surface area contributed by atoms with Gasteiger partial charge in [0.1, 0.15) is 11.5 Å². The molecular formula is C40H31N7O3. The monoisotopic (exact) mass is 657 g/mol. The van der Waals surface area contributed by atoms with Crippen LogP contribution in [0.5, 0.6) is 0 Å². The summed E-state index contributed by atoms with van der Waals surface area (Å²) in [6.07, 6.45) is 8.17. The van der Waals surface area contributed by atoms with Crippen LogP contribution >= 0.6 is 0 Å². The average Bonchev–Trinajstić information content (AvgIpc) is 3.65. The molecule has 0 unspecified atom stereocenters. The van der Waals surface area contributed by atoms with Crippen molar-refractivity contribution in [3.05, 3.63) is 161 Å². The number of amides is 2. The van der Waals surface area contributed by atoms with Crippen LogP contribution in [-0.2, 0) is 9.59 Å². The number of ketones is 1. The zero-order chi connectivity index (χ0) is 34.6. The van der Waals surface area contributed by atoms with E-state index in [2.05, 4.69) is 31.1 Å². The number of aromatic amines is 1. The first-order valence-corrected chi connectivity index (χ1v) is 15.9. The van der Waals surface area contributed by atoms with Gasteiger partial charge >= 0.3 is 0 Å². The minimum absolute atomic E-state index is 0.0864. The van der Waals surface area contributed by atoms with Crippen LogP contribution in [0.2, 0.25) is 0 Å². The molecule has 2 aliphatic rings. The second kappa shape index (κ2) is 13.7. The molecule has 1 aromatic heterocycles. The van der Waals surface area contributed by atoms with Crippen LogP contribution in [0.25, 0.3) is 28.2 Å². The van der Waals surface area contributed by atoms with E-state index in [1.165, 1.54) is 11.0 Å². The highest BCUT2D eigenvalue weighted by molar-refractivity contribution is 6.28. The molecule has 5 aromatic rings. The Balaban J connectivity index is 1.11. The number of benzene rings is 4. The Morgan fingerprint density at radius 1 is 0.820 bits per heavy atom. The molecule has 7 rings (SSSR count). The number of para-hydroxylation sites is 2. The van der Waals surface area contributed by atoms with E-state index in [-0.39, 0.29) is 28.6 Å². The van der Waals surface area contributed by atoms with Crippen molar-refractivity contribution in [2.24, 2.45) is 15.2 Å². The van der Waals surface area contributed by atoms with Crippen LogP contribution in [0.3, 0.4) is 0 Å². The number of aryl methyl sites for hydroxylation is 1. The van der Waals surface area contributed by atoms with Crippen molar-refractivity contribution in [1.29, 1.82) is 0 Å². The molecule has 244 valence electrons. The van der Waals surface area contributed by atoms with Gasteiger partial charge in [0.05, 0.1) is 22.6 Å². The molecule has 0 radical (unpaired) electrons. The standard InChI is InChI=1S/C40H31N7O3/c1-25-12-6-9-17-33(25)43-44-38(31-16-8-11-19-36(31)48)45-46-39(49)28-20-22-29(23-21-28)47-26(2)41-35(40(47)50)24-32-30-15-7-10-18-34(30)42-37(32)27-13-4-3-5-14-27/h3-24,42-44H,1-2H3/b35-24-,38-31-,46-45?. The van der Waals surface area contributed by atoms with Crippen molar-refractivity contribution in [2.75, 3.05) is 10.3 Å². The first-order valence-electron chi connectivity index (χ1n) is 15.9. The number of aliphatic imine (C=N–C) groups is 1. The maximum Gasteiger partial charge on any atom is 0.295 e. The molecule has 1 aliphatic carbocycles. The SMILES string of the molecule is CC1=N/C(=C\c2c(-c3ccccc3)[nH]c3ccccc23)C(=O)N1c1ccc(C(=O)N=N/C(NNc2ccccc2C)=C2/C=CC=CC2=O)cc1. The number of aromatic nitrogens is 1. The summed E-state index contributed by atoms with van der Waals surface area (Å²) in [7, 11) is 0. The molecule has 0 saturated carbocycles. The zero-order valence-corrected chi connectivity index (χ0v) is 27.2. The Hall–Kier alpha value is -6.94. The van der Waals surface area contributed by atoms with Crippen LogP contribution < -0.4 is 15.8 Å². The maximum absolute atomic E-state index is 13.8. The van der Waals surface area contributed by atoms with Crippen molar-refractivity contribution >= 4 is 51.8 Å². The van der Waals surface area contributed by atoms with E-state index in [0.29, 0.717) is 17.2 Å². The van der Waals surface area contributed by atoms with Gasteiger partial charge in [-0.05, 0) is 79.6 Å². The maximum atomic E-state index is 13.8. The molecule has 1 aliphatic heterocycles. The molecule has 50 heavy (non-hydrogen) atoms. The number of hydrogen-bond donors (Lipinski definition) is 3. The Morgan fingerprint density at radius 3 is 2.32 bits per heavy atom. The molecule has 2 amide bonds. The smallest absolute Gasteiger partial charge is 0.295 e. The van der Waals surface area contributed by atoms with Crippen LogP contribution in [0.1, 0.15) is 28.4 Å². The van der Waals surface area contributed by atoms with Crippen LogP contribution in [0, 0.1) is 6.92 Å². The molecule has 0 saturated heterocycles. The van der Waals surface area contributed by atoms with E-state index in [1.807, 2.05) is 91.9 Å². The van der Waals surface area contributed by atoms with Crippen LogP contribution in [0.15, 0.2) is 160 Å². The first kappa shape index (κ1) is 31.6. The quantitative estimate of drug-likeness (QED) is 0.0883. The van der Waals surface area contributed by atoms with E-state index in [4.69, 9.17) is 0 Å². The summed E-state index contributed by atoms with van der Waals surface area (Å²) in [5, 5.41) is 9.01. The Morgan fingerprint density at radius 2 is 1.54 bits per heavy atom. The fraction of sp³-hybridized carbons (Fsp3) is 0.0500. The summed E-state index contributed by atoms with van der Waals surface area (Å²) in [4.78, 5) is 49.1. The second-order valence-corrected chi connectivity index (χ2v) is 11.6. The summed E-state index contributed by atoms with van der Waals surface area (Å²) in [6, 6.07) is 32.0. The Bertz CT molecular complexity index is 2340. The summed E-state index contributed by atoms with van der Waals surface area (Å²) in [5.74, 6) is -0.596. The lowest BCUT2D eigenvalue weighted by molar-refractivity contribution is -0.114. The first-order chi connectivity index (χ1) is 24.4. The van der Waals surface area contributed by atoms with Crippen LogP contribution in [0.4, 0.5) is 11.4 Å². The third kappa shape index (κ3) is 6.33. The zero-order valence-electron chi connectivity index (χ0n) is 27.2. The van der Waals surface area contributed by atoms with Crippen molar-refractivity contribution in [3.8, 4) is 11.3 Å². The molecule has 4 aromatic carbocycles. The summed E-state index contributed by atoms with van der Waals surface area (Å²) in [5.41, 5.74) is 12.8. The van der Waals surface area contributed by atoms with E-state index in [9.17, 15) is 14.4 Å². The number of allylic oxidation sites excluding steroid dienone is 5. The number of rotatable bonds is 8. The predicted octanol–water partition coefficient (Wildman–Crippen LogP) is 8.07. The van der Waals surface area contributed by atoms with Gasteiger partial charge in [0, 0.05) is 22.0 Å². The topological polar surface area (TPSA) is 131 Å². The van der Waals surface area contributed by atoms with Gasteiger partial charge in [-0.3, -0.25) is 30.1 Å². The largest absolute Gasteiger partial charge is 0.354 e. The summed E-state index contributed by atoms with van der Waals surface area (Å²) in [6.45, 7) is 3.70. The molecule has 2 heterocycles. The number of carbonyl (C=O) groups excluding carboxylic acids is 3. The second-order valence-electron chi connectivity index (χ2n) is 11.6. The minimum atomic E-state index is -0.623. The predicted molar refractivity (Wildman–Crippen MR) is 196 cm³/mol. The number of azo groups is 1. The van der Waals surface area contributed by atoms with E-state index >= 15 is 0 Å². The minimum Gasteiger partial charge on any atom is -0.354 e. The fourth-order valence-electron chi connectivity index (χ4n) is 5.77. The molecular weight excluding hydrogens is 626 g/mol. The molecule has 0 spiro atoms. The number of carbonyl (C=O) groups is 3. The number of nitrogens with one attached hydrogen (secondary N) is 3. The number of anilines is 2. The van der Waals surface area contributed by atoms with Crippen LogP contribution in [-0.4, -0.2) is 28.4 Å².